The molecule has 33 heavy (non-hydrogen) atoms. The smallest absolute Gasteiger partial charge is 0.257 e. The molecule has 0 aliphatic carbocycles. The van der Waals surface area contributed by atoms with Gasteiger partial charge >= 0.3 is 0 Å². The van der Waals surface area contributed by atoms with Gasteiger partial charge in [0.05, 0.1) is 41.3 Å². The van der Waals surface area contributed by atoms with Crippen molar-refractivity contribution in [2.24, 2.45) is 0 Å². The van der Waals surface area contributed by atoms with Gasteiger partial charge in [0.1, 0.15) is 0 Å². The number of pyridine rings is 3. The molecule has 8 heteroatoms. The van der Waals surface area contributed by atoms with Crippen molar-refractivity contribution in [3.63, 3.8) is 0 Å². The Labute approximate surface area is 191 Å². The number of likely N-dealkylation sites (tertiary alicyclic amines) is 1. The van der Waals surface area contributed by atoms with Gasteiger partial charge in [-0.15, -0.1) is 0 Å². The Hall–Kier alpha value is -4.07. The number of anilines is 1. The lowest BCUT2D eigenvalue weighted by Gasteiger charge is -2.26. The molecule has 5 rings (SSSR count). The minimum Gasteiger partial charge on any atom is -0.339 e. The van der Waals surface area contributed by atoms with Gasteiger partial charge in [-0.05, 0) is 49.1 Å². The van der Waals surface area contributed by atoms with Crippen molar-refractivity contribution < 1.29 is 9.59 Å². The highest BCUT2D eigenvalue weighted by atomic mass is 16.2. The third-order valence-electron chi connectivity index (χ3n) is 5.82. The number of hydrogen-bond donors (Lipinski definition) is 1. The molecule has 4 aromatic rings. The number of hydrogen-bond acceptors (Lipinski definition) is 5. The average molecular weight is 441 g/mol. The lowest BCUT2D eigenvalue weighted by atomic mass is 10.1. The summed E-state index contributed by atoms with van der Waals surface area (Å²) in [5.74, 6) is -0.120. The second-order valence-corrected chi connectivity index (χ2v) is 8.17. The number of carbonyl (C=O) groups excluding carboxylic acids is 2. The van der Waals surface area contributed by atoms with Crippen LogP contribution in [0.5, 0.6) is 0 Å². The standard InChI is InChI=1S/C25H24N6O2/c32-24(12-18-6-5-9-26-14-18)29-20-13-19(15-27-16-20)22-7-4-8-23-21(17-28-31(22)23)25(33)30-10-2-1-3-11-30/h4-9,13-17H,1-3,10-12H2,(H,29,32). The van der Waals surface area contributed by atoms with Gasteiger partial charge in [0, 0.05) is 37.2 Å². The summed E-state index contributed by atoms with van der Waals surface area (Å²) in [5, 5.41) is 7.40. The third kappa shape index (κ3) is 4.45. The first-order chi connectivity index (χ1) is 16.2. The zero-order valence-electron chi connectivity index (χ0n) is 18.1. The second kappa shape index (κ2) is 9.20. The van der Waals surface area contributed by atoms with Crippen molar-refractivity contribution in [3.8, 4) is 11.3 Å². The maximum Gasteiger partial charge on any atom is 0.257 e. The quantitative estimate of drug-likeness (QED) is 0.512. The Morgan fingerprint density at radius 3 is 2.64 bits per heavy atom. The summed E-state index contributed by atoms with van der Waals surface area (Å²) < 4.78 is 1.76. The molecule has 0 spiro atoms. The summed E-state index contributed by atoms with van der Waals surface area (Å²) in [6.45, 7) is 1.58. The number of nitrogens with one attached hydrogen (secondary N) is 1. The molecule has 0 aromatic carbocycles. The molecule has 8 nitrogen and oxygen atoms in total. The number of nitrogens with zero attached hydrogens (tertiary/aromatic N) is 5. The molecule has 5 heterocycles. The highest BCUT2D eigenvalue weighted by molar-refractivity contribution is 6.01. The summed E-state index contributed by atoms with van der Waals surface area (Å²) in [6.07, 6.45) is 11.8. The van der Waals surface area contributed by atoms with Gasteiger partial charge in [-0.2, -0.15) is 5.10 Å². The van der Waals surface area contributed by atoms with Crippen molar-refractivity contribution >= 4 is 23.0 Å². The van der Waals surface area contributed by atoms with Crippen LogP contribution in [0.15, 0.2) is 67.4 Å². The number of rotatable bonds is 5. The van der Waals surface area contributed by atoms with Gasteiger partial charge in [-0.3, -0.25) is 19.6 Å². The summed E-state index contributed by atoms with van der Waals surface area (Å²) in [6, 6.07) is 11.3. The van der Waals surface area contributed by atoms with Crippen molar-refractivity contribution in [1.29, 1.82) is 0 Å². The average Bonchev–Trinajstić information content (AvgIpc) is 3.29. The van der Waals surface area contributed by atoms with Gasteiger partial charge < -0.3 is 10.2 Å². The van der Waals surface area contributed by atoms with E-state index in [-0.39, 0.29) is 18.2 Å². The van der Waals surface area contributed by atoms with Crippen molar-refractivity contribution in [1.82, 2.24) is 24.5 Å². The minimum atomic E-state index is -0.145. The molecule has 166 valence electrons. The molecule has 0 saturated carbocycles. The largest absolute Gasteiger partial charge is 0.339 e. The number of aromatic nitrogens is 4. The molecule has 0 bridgehead atoms. The zero-order valence-corrected chi connectivity index (χ0v) is 18.1. The number of amides is 2. The summed E-state index contributed by atoms with van der Waals surface area (Å²) in [5.41, 5.74) is 4.38. The molecule has 1 aliphatic rings. The van der Waals surface area contributed by atoms with Crippen LogP contribution in [-0.4, -0.2) is 49.4 Å². The van der Waals surface area contributed by atoms with E-state index >= 15 is 0 Å². The van der Waals surface area contributed by atoms with Crippen LogP contribution in [0.1, 0.15) is 35.2 Å². The van der Waals surface area contributed by atoms with Crippen LogP contribution in [0.25, 0.3) is 16.8 Å². The minimum absolute atomic E-state index is 0.0244. The highest BCUT2D eigenvalue weighted by Crippen LogP contribution is 2.25. The second-order valence-electron chi connectivity index (χ2n) is 8.17. The Morgan fingerprint density at radius 1 is 0.939 bits per heavy atom. The normalized spacial score (nSPS) is 13.8. The Kier molecular flexibility index (Phi) is 5.80. The van der Waals surface area contributed by atoms with Gasteiger partial charge in [0.25, 0.3) is 5.91 Å². The Balaban J connectivity index is 1.40. The number of carbonyl (C=O) groups is 2. The van der Waals surface area contributed by atoms with E-state index in [1.165, 1.54) is 6.42 Å². The van der Waals surface area contributed by atoms with Gasteiger partial charge in [-0.1, -0.05) is 12.1 Å². The van der Waals surface area contributed by atoms with Crippen LogP contribution in [0, 0.1) is 0 Å². The lowest BCUT2D eigenvalue weighted by molar-refractivity contribution is -0.115. The molecule has 0 unspecified atom stereocenters. The third-order valence-corrected chi connectivity index (χ3v) is 5.82. The molecular formula is C25H24N6O2. The molecule has 4 aromatic heterocycles. The fraction of sp³-hybridized carbons (Fsp3) is 0.240. The summed E-state index contributed by atoms with van der Waals surface area (Å²) in [7, 11) is 0. The topological polar surface area (TPSA) is 92.5 Å². The van der Waals surface area contributed by atoms with Crippen LogP contribution < -0.4 is 5.32 Å². The molecule has 1 N–H and O–H groups in total. The van der Waals surface area contributed by atoms with Gasteiger partial charge in [0.2, 0.25) is 5.91 Å². The first-order valence-electron chi connectivity index (χ1n) is 11.1. The van der Waals surface area contributed by atoms with Crippen LogP contribution in [0.4, 0.5) is 5.69 Å². The SMILES string of the molecule is O=C(Cc1cccnc1)Nc1cncc(-c2cccc3c(C(=O)N4CCCCC4)cnn23)c1. The van der Waals surface area contributed by atoms with Crippen LogP contribution >= 0.6 is 0 Å². The van der Waals surface area contributed by atoms with E-state index in [2.05, 4.69) is 20.4 Å². The Bertz CT molecular complexity index is 1290. The van der Waals surface area contributed by atoms with Crippen molar-refractivity contribution in [3.05, 3.63) is 78.5 Å². The maximum atomic E-state index is 13.1. The molecule has 1 aliphatic heterocycles. The zero-order chi connectivity index (χ0) is 22.6. The van der Waals surface area contributed by atoms with Crippen LogP contribution in [0.3, 0.4) is 0 Å². The summed E-state index contributed by atoms with van der Waals surface area (Å²) >= 11 is 0. The molecule has 1 fully saturated rings. The van der Waals surface area contributed by atoms with Gasteiger partial charge in [-0.25, -0.2) is 4.52 Å². The Morgan fingerprint density at radius 2 is 1.82 bits per heavy atom. The van der Waals surface area contributed by atoms with E-state index < -0.39 is 0 Å². The molecule has 1 saturated heterocycles. The molecule has 0 radical (unpaired) electrons. The van der Waals surface area contributed by atoms with Crippen LogP contribution in [0.2, 0.25) is 0 Å². The maximum absolute atomic E-state index is 13.1. The summed E-state index contributed by atoms with van der Waals surface area (Å²) in [4.78, 5) is 35.8. The van der Waals surface area contributed by atoms with E-state index in [9.17, 15) is 9.59 Å². The van der Waals surface area contributed by atoms with E-state index in [0.29, 0.717) is 11.3 Å². The van der Waals surface area contributed by atoms with E-state index in [1.807, 2.05) is 35.2 Å². The van der Waals surface area contributed by atoms with E-state index in [0.717, 1.165) is 48.3 Å². The fourth-order valence-electron chi connectivity index (χ4n) is 4.20. The fourth-order valence-corrected chi connectivity index (χ4v) is 4.20. The van der Waals surface area contributed by atoms with Gasteiger partial charge in [0.15, 0.2) is 0 Å². The van der Waals surface area contributed by atoms with E-state index in [1.54, 1.807) is 41.6 Å². The van der Waals surface area contributed by atoms with Crippen molar-refractivity contribution in [2.75, 3.05) is 18.4 Å². The predicted molar refractivity (Wildman–Crippen MR) is 125 cm³/mol. The predicted octanol–water partition coefficient (Wildman–Crippen LogP) is 3.60. The number of piperidine rings is 1. The molecule has 0 atom stereocenters. The highest BCUT2D eigenvalue weighted by Gasteiger charge is 2.22. The number of fused-ring (bicyclic) bond motifs is 1. The molecule has 2 amide bonds. The van der Waals surface area contributed by atoms with Crippen molar-refractivity contribution in [2.45, 2.75) is 25.7 Å². The first kappa shape index (κ1) is 20.8. The lowest BCUT2D eigenvalue weighted by Crippen LogP contribution is -2.35. The monoisotopic (exact) mass is 440 g/mol. The molecular weight excluding hydrogens is 416 g/mol. The first-order valence-corrected chi connectivity index (χ1v) is 11.1. The van der Waals surface area contributed by atoms with E-state index in [4.69, 9.17) is 0 Å². The van der Waals surface area contributed by atoms with Crippen LogP contribution in [-0.2, 0) is 11.2 Å².